The third-order valence-electron chi connectivity index (χ3n) is 1.95. The molecule has 0 fully saturated rings. The number of aliphatic hydroxyl groups is 1. The van der Waals surface area contributed by atoms with Crippen molar-refractivity contribution >= 4 is 5.97 Å². The zero-order chi connectivity index (χ0) is 10.6. The molecule has 5 nitrogen and oxygen atoms in total. The normalized spacial score (nSPS) is 12.5. The fourth-order valence-corrected chi connectivity index (χ4v) is 1.08. The number of aromatic nitrogens is 2. The first-order valence-corrected chi connectivity index (χ1v) is 4.44. The van der Waals surface area contributed by atoms with Crippen molar-refractivity contribution in [1.29, 1.82) is 0 Å². The van der Waals surface area contributed by atoms with Gasteiger partial charge in [0, 0.05) is 18.3 Å². The zero-order valence-electron chi connectivity index (χ0n) is 8.30. The molecule has 0 aliphatic heterocycles. The molecule has 0 bridgehead atoms. The lowest BCUT2D eigenvalue weighted by Crippen LogP contribution is -2.07. The van der Waals surface area contributed by atoms with Crippen LogP contribution in [0.5, 0.6) is 0 Å². The Bertz CT molecular complexity index is 309. The molecule has 1 N–H and O–H groups in total. The van der Waals surface area contributed by atoms with E-state index >= 15 is 0 Å². The van der Waals surface area contributed by atoms with Gasteiger partial charge in [0.2, 0.25) is 0 Å². The molecular weight excluding hydrogens is 184 g/mol. The van der Waals surface area contributed by atoms with Crippen LogP contribution in [0, 0.1) is 0 Å². The van der Waals surface area contributed by atoms with Crippen LogP contribution in [0.1, 0.15) is 25.0 Å². The Morgan fingerprint density at radius 2 is 2.50 bits per heavy atom. The molecule has 1 atom stereocenters. The lowest BCUT2D eigenvalue weighted by Gasteiger charge is -2.05. The van der Waals surface area contributed by atoms with Crippen LogP contribution in [0.25, 0.3) is 0 Å². The molecule has 1 rings (SSSR count). The minimum Gasteiger partial charge on any atom is -0.469 e. The van der Waals surface area contributed by atoms with E-state index in [4.69, 9.17) is 0 Å². The molecule has 5 heteroatoms. The summed E-state index contributed by atoms with van der Waals surface area (Å²) in [6.45, 7) is 2.69. The van der Waals surface area contributed by atoms with Crippen LogP contribution in [0.3, 0.4) is 0 Å². The topological polar surface area (TPSA) is 64.4 Å². The van der Waals surface area contributed by atoms with Gasteiger partial charge in [0.05, 0.1) is 25.8 Å². The van der Waals surface area contributed by atoms with Gasteiger partial charge in [-0.3, -0.25) is 9.48 Å². The Hall–Kier alpha value is -1.36. The van der Waals surface area contributed by atoms with Gasteiger partial charge in [0.25, 0.3) is 0 Å². The summed E-state index contributed by atoms with van der Waals surface area (Å²) in [5.41, 5.74) is 0.636. The van der Waals surface area contributed by atoms with E-state index in [9.17, 15) is 9.90 Å². The van der Waals surface area contributed by atoms with E-state index in [0.717, 1.165) is 6.54 Å². The van der Waals surface area contributed by atoms with Gasteiger partial charge in [-0.05, 0) is 6.92 Å². The molecule has 0 aliphatic carbocycles. The second kappa shape index (κ2) is 4.76. The SMILES string of the molecule is CCn1cc([C@H](O)CC(=O)OC)cn1. The predicted molar refractivity (Wildman–Crippen MR) is 49.5 cm³/mol. The first kappa shape index (κ1) is 10.7. The van der Waals surface area contributed by atoms with Crippen LogP contribution in [0.4, 0.5) is 0 Å². The number of esters is 1. The van der Waals surface area contributed by atoms with Crippen molar-refractivity contribution in [2.24, 2.45) is 0 Å². The number of aliphatic hydroxyl groups excluding tert-OH is 1. The Morgan fingerprint density at radius 3 is 3.00 bits per heavy atom. The van der Waals surface area contributed by atoms with Gasteiger partial charge in [-0.1, -0.05) is 0 Å². The number of aryl methyl sites for hydroxylation is 1. The lowest BCUT2D eigenvalue weighted by atomic mass is 10.1. The highest BCUT2D eigenvalue weighted by Crippen LogP contribution is 2.15. The molecular formula is C9H14N2O3. The molecule has 1 aromatic heterocycles. The van der Waals surface area contributed by atoms with E-state index in [1.54, 1.807) is 17.1 Å². The van der Waals surface area contributed by atoms with Crippen LogP contribution in [0.15, 0.2) is 12.4 Å². The Kier molecular flexibility index (Phi) is 3.64. The van der Waals surface area contributed by atoms with Crippen molar-refractivity contribution in [3.05, 3.63) is 18.0 Å². The molecule has 0 amide bonds. The first-order chi connectivity index (χ1) is 6.67. The van der Waals surface area contributed by atoms with Crippen molar-refractivity contribution in [2.45, 2.75) is 26.0 Å². The van der Waals surface area contributed by atoms with Crippen LogP contribution in [-0.4, -0.2) is 28.0 Å². The number of hydrogen-bond acceptors (Lipinski definition) is 4. The maximum Gasteiger partial charge on any atom is 0.308 e. The van der Waals surface area contributed by atoms with Gasteiger partial charge < -0.3 is 9.84 Å². The van der Waals surface area contributed by atoms with E-state index in [-0.39, 0.29) is 6.42 Å². The van der Waals surface area contributed by atoms with Crippen molar-refractivity contribution in [2.75, 3.05) is 7.11 Å². The monoisotopic (exact) mass is 198 g/mol. The summed E-state index contributed by atoms with van der Waals surface area (Å²) >= 11 is 0. The Balaban J connectivity index is 2.60. The van der Waals surface area contributed by atoms with Gasteiger partial charge in [-0.2, -0.15) is 5.10 Å². The van der Waals surface area contributed by atoms with E-state index in [1.165, 1.54) is 7.11 Å². The lowest BCUT2D eigenvalue weighted by molar-refractivity contribution is -0.142. The number of carbonyl (C=O) groups excluding carboxylic acids is 1. The molecule has 0 aromatic carbocycles. The number of methoxy groups -OCH3 is 1. The van der Waals surface area contributed by atoms with E-state index in [2.05, 4.69) is 9.84 Å². The van der Waals surface area contributed by atoms with E-state index in [1.807, 2.05) is 6.92 Å². The standard InChI is InChI=1S/C9H14N2O3/c1-3-11-6-7(5-10-11)8(12)4-9(13)14-2/h5-6,8,12H,3-4H2,1-2H3/t8-/m1/s1. The third-order valence-corrected chi connectivity index (χ3v) is 1.95. The van der Waals surface area contributed by atoms with Gasteiger partial charge in [-0.25, -0.2) is 0 Å². The molecule has 0 spiro atoms. The molecule has 0 saturated heterocycles. The molecule has 0 aliphatic rings. The van der Waals surface area contributed by atoms with Crippen LogP contribution in [0.2, 0.25) is 0 Å². The molecule has 0 radical (unpaired) electrons. The maximum absolute atomic E-state index is 10.9. The zero-order valence-corrected chi connectivity index (χ0v) is 8.30. The van der Waals surface area contributed by atoms with E-state index in [0.29, 0.717) is 5.56 Å². The van der Waals surface area contributed by atoms with Crippen molar-refractivity contribution in [3.8, 4) is 0 Å². The summed E-state index contributed by atoms with van der Waals surface area (Å²) in [5.74, 6) is -0.429. The van der Waals surface area contributed by atoms with Gasteiger partial charge in [-0.15, -0.1) is 0 Å². The minimum absolute atomic E-state index is 0.0358. The summed E-state index contributed by atoms with van der Waals surface area (Å²) in [7, 11) is 1.30. The first-order valence-electron chi connectivity index (χ1n) is 4.44. The summed E-state index contributed by atoms with van der Waals surface area (Å²) in [6, 6.07) is 0. The van der Waals surface area contributed by atoms with Crippen LogP contribution < -0.4 is 0 Å². The summed E-state index contributed by atoms with van der Waals surface area (Å²) < 4.78 is 6.14. The summed E-state index contributed by atoms with van der Waals surface area (Å²) in [6.07, 6.45) is 2.40. The Morgan fingerprint density at radius 1 is 1.79 bits per heavy atom. The fraction of sp³-hybridized carbons (Fsp3) is 0.556. The fourth-order valence-electron chi connectivity index (χ4n) is 1.08. The third kappa shape index (κ3) is 2.56. The van der Waals surface area contributed by atoms with Crippen molar-refractivity contribution < 1.29 is 14.6 Å². The van der Waals surface area contributed by atoms with Crippen molar-refractivity contribution in [3.63, 3.8) is 0 Å². The Labute approximate surface area is 82.3 Å². The number of ether oxygens (including phenoxy) is 1. The molecule has 1 aromatic rings. The summed E-state index contributed by atoms with van der Waals surface area (Å²) in [5, 5.41) is 13.6. The quantitative estimate of drug-likeness (QED) is 0.715. The van der Waals surface area contributed by atoms with Crippen LogP contribution >= 0.6 is 0 Å². The van der Waals surface area contributed by atoms with Gasteiger partial charge >= 0.3 is 5.97 Å². The molecule has 1 heterocycles. The molecule has 78 valence electrons. The molecule has 14 heavy (non-hydrogen) atoms. The van der Waals surface area contributed by atoms with Gasteiger partial charge in [0.15, 0.2) is 0 Å². The van der Waals surface area contributed by atoms with Crippen LogP contribution in [-0.2, 0) is 16.1 Å². The smallest absolute Gasteiger partial charge is 0.308 e. The average Bonchev–Trinajstić information content (AvgIpc) is 2.65. The number of carbonyl (C=O) groups is 1. The van der Waals surface area contributed by atoms with Crippen molar-refractivity contribution in [1.82, 2.24) is 9.78 Å². The molecule has 0 saturated carbocycles. The second-order valence-corrected chi connectivity index (χ2v) is 2.93. The average molecular weight is 198 g/mol. The summed E-state index contributed by atoms with van der Waals surface area (Å²) in [4.78, 5) is 10.9. The largest absolute Gasteiger partial charge is 0.469 e. The maximum atomic E-state index is 10.9. The number of rotatable bonds is 4. The van der Waals surface area contributed by atoms with E-state index < -0.39 is 12.1 Å². The highest BCUT2D eigenvalue weighted by Gasteiger charge is 2.14. The number of nitrogens with zero attached hydrogens (tertiary/aromatic N) is 2. The highest BCUT2D eigenvalue weighted by atomic mass is 16.5. The second-order valence-electron chi connectivity index (χ2n) is 2.93. The van der Waals surface area contributed by atoms with Gasteiger partial charge in [0.1, 0.15) is 0 Å². The minimum atomic E-state index is -0.831. The molecule has 0 unspecified atom stereocenters. The number of hydrogen-bond donors (Lipinski definition) is 1. The predicted octanol–water partition coefficient (Wildman–Crippen LogP) is 0.499. The highest BCUT2D eigenvalue weighted by molar-refractivity contribution is 5.69.